The average Bonchev–Trinajstić information content (AvgIpc) is 2.77. The zero-order valence-electron chi connectivity index (χ0n) is 9.86. The van der Waals surface area contributed by atoms with E-state index in [2.05, 4.69) is 5.32 Å². The van der Waals surface area contributed by atoms with E-state index in [1.165, 1.54) is 24.1 Å². The third kappa shape index (κ3) is 2.21. The molecule has 18 heavy (non-hydrogen) atoms. The number of nitrogens with zero attached hydrogens (tertiary/aromatic N) is 1. The molecule has 1 aliphatic heterocycles. The van der Waals surface area contributed by atoms with E-state index in [0.29, 0.717) is 13.1 Å². The fourth-order valence-electron chi connectivity index (χ4n) is 2.06. The van der Waals surface area contributed by atoms with Gasteiger partial charge in [0, 0.05) is 20.1 Å². The van der Waals surface area contributed by atoms with Gasteiger partial charge in [-0.25, -0.2) is 8.78 Å². The molecule has 0 bridgehead atoms. The zero-order chi connectivity index (χ0) is 13.3. The van der Waals surface area contributed by atoms with Gasteiger partial charge in [0.1, 0.15) is 0 Å². The second-order valence-electron chi connectivity index (χ2n) is 4.31. The summed E-state index contributed by atoms with van der Waals surface area (Å²) in [6.07, 6.45) is -0.699. The predicted octanol–water partition coefficient (Wildman–Crippen LogP) is 0.369. The summed E-state index contributed by atoms with van der Waals surface area (Å²) in [7, 11) is 1.47. The lowest BCUT2D eigenvalue weighted by atomic mass is 10.1. The van der Waals surface area contributed by atoms with E-state index in [9.17, 15) is 18.7 Å². The first-order valence-corrected chi connectivity index (χ1v) is 5.62. The molecule has 2 atom stereocenters. The van der Waals surface area contributed by atoms with Gasteiger partial charge in [-0.05, 0) is 12.1 Å². The number of carbonyl (C=O) groups excluding carboxylic acids is 1. The van der Waals surface area contributed by atoms with Crippen LogP contribution in [0.15, 0.2) is 18.2 Å². The number of amides is 1. The monoisotopic (exact) mass is 256 g/mol. The van der Waals surface area contributed by atoms with Crippen molar-refractivity contribution in [2.45, 2.75) is 12.1 Å². The van der Waals surface area contributed by atoms with Crippen LogP contribution < -0.4 is 5.32 Å². The van der Waals surface area contributed by atoms with E-state index in [0.717, 1.165) is 6.07 Å². The van der Waals surface area contributed by atoms with E-state index in [1.807, 2.05) is 0 Å². The Labute approximate surface area is 103 Å². The van der Waals surface area contributed by atoms with Crippen LogP contribution in [0.3, 0.4) is 0 Å². The number of carbonyl (C=O) groups is 1. The number of β-amino-alcohol motifs (C(OH)–C–C–N with tert-alkyl or cyclic N) is 1. The van der Waals surface area contributed by atoms with Gasteiger partial charge in [0.2, 0.25) is 0 Å². The van der Waals surface area contributed by atoms with Crippen molar-refractivity contribution in [1.29, 1.82) is 0 Å². The van der Waals surface area contributed by atoms with Gasteiger partial charge in [-0.15, -0.1) is 0 Å². The summed E-state index contributed by atoms with van der Waals surface area (Å²) < 4.78 is 26.5. The number of rotatable bonds is 2. The molecule has 0 spiro atoms. The Morgan fingerprint density at radius 3 is 2.78 bits per heavy atom. The molecule has 0 saturated carbocycles. The lowest BCUT2D eigenvalue weighted by molar-refractivity contribution is 0.0576. The highest BCUT2D eigenvalue weighted by Crippen LogP contribution is 2.16. The first-order valence-electron chi connectivity index (χ1n) is 5.62. The fourth-order valence-corrected chi connectivity index (χ4v) is 2.06. The maximum atomic E-state index is 13.5. The van der Waals surface area contributed by atoms with E-state index >= 15 is 0 Å². The summed E-state index contributed by atoms with van der Waals surface area (Å²) in [6, 6.07) is 3.03. The van der Waals surface area contributed by atoms with Gasteiger partial charge >= 0.3 is 0 Å². The molecule has 6 heteroatoms. The van der Waals surface area contributed by atoms with Gasteiger partial charge in [0.25, 0.3) is 5.91 Å². The van der Waals surface area contributed by atoms with E-state index < -0.39 is 29.7 Å². The van der Waals surface area contributed by atoms with E-state index in [1.54, 1.807) is 0 Å². The maximum absolute atomic E-state index is 13.5. The Morgan fingerprint density at radius 2 is 2.17 bits per heavy atom. The van der Waals surface area contributed by atoms with Crippen molar-refractivity contribution in [2.75, 3.05) is 20.1 Å². The minimum Gasteiger partial charge on any atom is -0.390 e. The highest BCUT2D eigenvalue weighted by Gasteiger charge is 2.32. The smallest absolute Gasteiger partial charge is 0.257 e. The SMILES string of the molecule is CN(C(=O)c1cccc(F)c1F)[C@@H]1CNC[C@H]1O. The van der Waals surface area contributed by atoms with Crippen LogP contribution in [0.5, 0.6) is 0 Å². The standard InChI is InChI=1S/C12H14F2N2O2/c1-16(9-5-15-6-10(9)17)12(18)7-3-2-4-8(13)11(7)14/h2-4,9-10,15,17H,5-6H2,1H3/t9-,10-/m1/s1. The van der Waals surface area contributed by atoms with Crippen molar-refractivity contribution in [3.8, 4) is 0 Å². The Morgan fingerprint density at radius 1 is 1.44 bits per heavy atom. The van der Waals surface area contributed by atoms with Crippen LogP contribution in [0.1, 0.15) is 10.4 Å². The lowest BCUT2D eigenvalue weighted by Gasteiger charge is -2.26. The minimum absolute atomic E-state index is 0.323. The van der Waals surface area contributed by atoms with Gasteiger partial charge in [0.05, 0.1) is 17.7 Å². The molecule has 2 rings (SSSR count). The number of hydrogen-bond acceptors (Lipinski definition) is 3. The number of aliphatic hydroxyl groups excluding tert-OH is 1. The number of halogens is 2. The number of nitrogens with one attached hydrogen (secondary N) is 1. The number of hydrogen-bond donors (Lipinski definition) is 2. The first kappa shape index (κ1) is 12.9. The quantitative estimate of drug-likeness (QED) is 0.804. The molecule has 1 aromatic carbocycles. The van der Waals surface area contributed by atoms with Crippen LogP contribution in [0, 0.1) is 11.6 Å². The summed E-state index contributed by atoms with van der Waals surface area (Å²) in [5.74, 6) is -2.85. The topological polar surface area (TPSA) is 52.6 Å². The third-order valence-electron chi connectivity index (χ3n) is 3.15. The Balaban J connectivity index is 2.23. The second kappa shape index (κ2) is 4.99. The molecule has 1 heterocycles. The van der Waals surface area contributed by atoms with Gasteiger partial charge < -0.3 is 15.3 Å². The van der Waals surface area contributed by atoms with Crippen molar-refractivity contribution in [3.63, 3.8) is 0 Å². The number of benzene rings is 1. The molecule has 1 saturated heterocycles. The Kier molecular flexibility index (Phi) is 3.58. The van der Waals surface area contributed by atoms with Crippen LogP contribution in [-0.2, 0) is 0 Å². The Bertz CT molecular complexity index is 467. The van der Waals surface area contributed by atoms with Crippen molar-refractivity contribution in [1.82, 2.24) is 10.2 Å². The summed E-state index contributed by atoms with van der Waals surface area (Å²) in [5.41, 5.74) is -0.323. The van der Waals surface area contributed by atoms with Crippen LogP contribution >= 0.6 is 0 Å². The van der Waals surface area contributed by atoms with Crippen LogP contribution in [0.25, 0.3) is 0 Å². The molecule has 1 aliphatic rings. The average molecular weight is 256 g/mol. The van der Waals surface area contributed by atoms with E-state index in [4.69, 9.17) is 0 Å². The fraction of sp³-hybridized carbons (Fsp3) is 0.417. The molecule has 1 fully saturated rings. The summed E-state index contributed by atoms with van der Waals surface area (Å²) >= 11 is 0. The molecule has 1 aromatic rings. The maximum Gasteiger partial charge on any atom is 0.257 e. The second-order valence-corrected chi connectivity index (χ2v) is 4.31. The third-order valence-corrected chi connectivity index (χ3v) is 3.15. The van der Waals surface area contributed by atoms with Gasteiger partial charge in [-0.1, -0.05) is 6.07 Å². The van der Waals surface area contributed by atoms with E-state index in [-0.39, 0.29) is 5.56 Å². The summed E-state index contributed by atoms with van der Waals surface area (Å²) in [5, 5.41) is 12.6. The molecular weight excluding hydrogens is 242 g/mol. The van der Waals surface area contributed by atoms with Gasteiger partial charge in [-0.3, -0.25) is 4.79 Å². The van der Waals surface area contributed by atoms with Crippen LogP contribution in [-0.4, -0.2) is 48.2 Å². The minimum atomic E-state index is -1.16. The largest absolute Gasteiger partial charge is 0.390 e. The van der Waals surface area contributed by atoms with Crippen molar-refractivity contribution >= 4 is 5.91 Å². The van der Waals surface area contributed by atoms with Crippen molar-refractivity contribution < 1.29 is 18.7 Å². The molecule has 0 aromatic heterocycles. The normalized spacial score (nSPS) is 23.1. The first-order chi connectivity index (χ1) is 8.52. The lowest BCUT2D eigenvalue weighted by Crippen LogP contribution is -2.44. The Hall–Kier alpha value is -1.53. The van der Waals surface area contributed by atoms with Crippen LogP contribution in [0.2, 0.25) is 0 Å². The highest BCUT2D eigenvalue weighted by atomic mass is 19.2. The predicted molar refractivity (Wildman–Crippen MR) is 61.1 cm³/mol. The highest BCUT2D eigenvalue weighted by molar-refractivity contribution is 5.94. The van der Waals surface area contributed by atoms with Gasteiger partial charge in [-0.2, -0.15) is 0 Å². The molecule has 4 nitrogen and oxygen atoms in total. The van der Waals surface area contributed by atoms with Gasteiger partial charge in [0.15, 0.2) is 11.6 Å². The number of likely N-dealkylation sites (N-methyl/N-ethyl adjacent to an activating group) is 1. The molecular formula is C12H14F2N2O2. The summed E-state index contributed by atoms with van der Waals surface area (Å²) in [4.78, 5) is 13.3. The zero-order valence-corrected chi connectivity index (χ0v) is 9.86. The molecule has 98 valence electrons. The molecule has 2 N–H and O–H groups in total. The number of aliphatic hydroxyl groups is 1. The summed E-state index contributed by atoms with van der Waals surface area (Å²) in [6.45, 7) is 0.814. The van der Waals surface area contributed by atoms with Crippen LogP contribution in [0.4, 0.5) is 8.78 Å². The molecule has 0 aliphatic carbocycles. The molecule has 0 radical (unpaired) electrons. The molecule has 1 amide bonds. The van der Waals surface area contributed by atoms with Crippen molar-refractivity contribution in [2.24, 2.45) is 0 Å². The molecule has 0 unspecified atom stereocenters. The van der Waals surface area contributed by atoms with Crippen molar-refractivity contribution in [3.05, 3.63) is 35.4 Å².